The molecule has 0 N–H and O–H groups in total. The van der Waals surface area contributed by atoms with Crippen LogP contribution in [-0.2, 0) is 19.1 Å². The highest BCUT2D eigenvalue weighted by atomic mass is 32.1. The van der Waals surface area contributed by atoms with Gasteiger partial charge < -0.3 is 28.4 Å². The number of thiophene rings is 1. The molecule has 0 amide bonds. The van der Waals surface area contributed by atoms with Crippen LogP contribution in [0.1, 0.15) is 70.7 Å². The van der Waals surface area contributed by atoms with Crippen LogP contribution in [0.3, 0.4) is 0 Å². The normalized spacial score (nSPS) is 10.6. The molecule has 0 aliphatic rings. The summed E-state index contributed by atoms with van der Waals surface area (Å²) in [7, 11) is 0. The number of rotatable bonds is 24. The van der Waals surface area contributed by atoms with Crippen LogP contribution < -0.4 is 18.9 Å². The summed E-state index contributed by atoms with van der Waals surface area (Å²) in [6.45, 7) is 8.78. The third-order valence-corrected chi connectivity index (χ3v) is 10.00. The standard InChI is InChI=1S/C48H48O10S/c1-3-45(49)55-33-11-7-5-9-31-53-39-21-13-35(14-22-39)37-17-25-41(26-18-37)57-47(51)43-29-30-44(59-43)48(52)58-42-27-19-38(20-28-42)36-15-23-40(24-16-36)54-32-10-6-8-12-34-56-46(50)4-2/h3-4,13-30H,1-2,5-12,31-34H2. The van der Waals surface area contributed by atoms with Gasteiger partial charge in [-0.05, 0) is 134 Å². The van der Waals surface area contributed by atoms with Crippen LogP contribution in [0, 0.1) is 0 Å². The molecule has 4 aromatic carbocycles. The molecule has 10 nitrogen and oxygen atoms in total. The lowest BCUT2D eigenvalue weighted by atomic mass is 10.1. The molecule has 5 rings (SSSR count). The minimum absolute atomic E-state index is 0.275. The van der Waals surface area contributed by atoms with Gasteiger partial charge in [-0.3, -0.25) is 0 Å². The minimum atomic E-state index is -0.569. The SMILES string of the molecule is C=CC(=O)OCCCCCCOc1ccc(-c2ccc(OC(=O)c3ccc(C(=O)Oc4ccc(-c5ccc(OCCCCCCOC(=O)C=C)cc5)cc4)s3)cc2)cc1. The second kappa shape index (κ2) is 23.7. The fourth-order valence-electron chi connectivity index (χ4n) is 5.75. The Morgan fingerprint density at radius 2 is 0.712 bits per heavy atom. The van der Waals surface area contributed by atoms with Crippen LogP contribution in [0.5, 0.6) is 23.0 Å². The first-order valence-corrected chi connectivity index (χ1v) is 20.4. The number of carbonyl (C=O) groups is 4. The molecule has 5 aromatic rings. The van der Waals surface area contributed by atoms with Gasteiger partial charge in [-0.2, -0.15) is 0 Å². The third-order valence-electron chi connectivity index (χ3n) is 8.95. The zero-order chi connectivity index (χ0) is 41.7. The van der Waals surface area contributed by atoms with E-state index in [4.69, 9.17) is 28.4 Å². The highest BCUT2D eigenvalue weighted by molar-refractivity contribution is 7.15. The average Bonchev–Trinajstić information content (AvgIpc) is 3.78. The first-order valence-electron chi connectivity index (χ1n) is 19.6. The summed E-state index contributed by atoms with van der Waals surface area (Å²) in [6, 6.07) is 33.1. The molecule has 0 aliphatic heterocycles. The van der Waals surface area contributed by atoms with Gasteiger partial charge in [0.05, 0.1) is 26.4 Å². The molecule has 0 fully saturated rings. The van der Waals surface area contributed by atoms with E-state index in [1.165, 1.54) is 12.2 Å². The van der Waals surface area contributed by atoms with Crippen LogP contribution in [0.25, 0.3) is 22.3 Å². The number of unbranched alkanes of at least 4 members (excludes halogenated alkanes) is 6. The fourth-order valence-corrected chi connectivity index (χ4v) is 6.51. The van der Waals surface area contributed by atoms with E-state index in [9.17, 15) is 19.2 Å². The van der Waals surface area contributed by atoms with Gasteiger partial charge in [-0.15, -0.1) is 11.3 Å². The number of carbonyl (C=O) groups excluding carboxylic acids is 4. The van der Waals surface area contributed by atoms with Crippen LogP contribution in [0.4, 0.5) is 0 Å². The molecule has 0 spiro atoms. The van der Waals surface area contributed by atoms with E-state index in [0.717, 1.165) is 96.5 Å². The van der Waals surface area contributed by atoms with E-state index in [2.05, 4.69) is 13.2 Å². The summed E-state index contributed by atoms with van der Waals surface area (Å²) in [6.07, 6.45) is 9.65. The minimum Gasteiger partial charge on any atom is -0.494 e. The van der Waals surface area contributed by atoms with Crippen LogP contribution in [-0.4, -0.2) is 50.3 Å². The molecule has 0 atom stereocenters. The Labute approximate surface area is 349 Å². The second-order valence-corrected chi connectivity index (χ2v) is 14.4. The largest absolute Gasteiger partial charge is 0.494 e. The molecule has 59 heavy (non-hydrogen) atoms. The summed E-state index contributed by atoms with van der Waals surface area (Å²) in [5.74, 6) is 0.405. The quantitative estimate of drug-likeness (QED) is 0.0257. The molecule has 11 heteroatoms. The fraction of sp³-hybridized carbons (Fsp3) is 0.250. The van der Waals surface area contributed by atoms with Gasteiger partial charge in [0, 0.05) is 12.2 Å². The van der Waals surface area contributed by atoms with E-state index in [1.54, 1.807) is 36.4 Å². The number of hydrogen-bond donors (Lipinski definition) is 0. The Morgan fingerprint density at radius 3 is 1.03 bits per heavy atom. The van der Waals surface area contributed by atoms with Gasteiger partial charge >= 0.3 is 23.9 Å². The van der Waals surface area contributed by atoms with Crippen molar-refractivity contribution in [3.8, 4) is 45.3 Å². The van der Waals surface area contributed by atoms with Crippen molar-refractivity contribution in [1.29, 1.82) is 0 Å². The van der Waals surface area contributed by atoms with Crippen molar-refractivity contribution in [2.75, 3.05) is 26.4 Å². The predicted octanol–water partition coefficient (Wildman–Crippen LogP) is 10.9. The van der Waals surface area contributed by atoms with Crippen LogP contribution in [0.2, 0.25) is 0 Å². The molecule has 0 saturated carbocycles. The molecule has 306 valence electrons. The smallest absolute Gasteiger partial charge is 0.353 e. The summed E-state index contributed by atoms with van der Waals surface area (Å²) in [5.41, 5.74) is 3.88. The Kier molecular flexibility index (Phi) is 17.5. The zero-order valence-electron chi connectivity index (χ0n) is 32.9. The molecule has 0 unspecified atom stereocenters. The Hall–Kier alpha value is -6.46. The molecule has 0 radical (unpaired) electrons. The maximum atomic E-state index is 12.9. The molecule has 0 aliphatic carbocycles. The Balaban J connectivity index is 0.999. The number of ether oxygens (including phenoxy) is 6. The first kappa shape index (κ1) is 43.7. The van der Waals surface area contributed by atoms with Crippen molar-refractivity contribution in [2.24, 2.45) is 0 Å². The van der Waals surface area contributed by atoms with Gasteiger partial charge in [0.25, 0.3) is 0 Å². The molecular weight excluding hydrogens is 769 g/mol. The molecule has 1 heterocycles. The Morgan fingerprint density at radius 1 is 0.407 bits per heavy atom. The molecule has 1 aromatic heterocycles. The van der Waals surface area contributed by atoms with Gasteiger partial charge in [0.1, 0.15) is 32.8 Å². The maximum Gasteiger partial charge on any atom is 0.353 e. The van der Waals surface area contributed by atoms with Crippen LogP contribution in [0.15, 0.2) is 135 Å². The van der Waals surface area contributed by atoms with E-state index >= 15 is 0 Å². The van der Waals surface area contributed by atoms with E-state index < -0.39 is 23.9 Å². The maximum absolute atomic E-state index is 12.9. The van der Waals surface area contributed by atoms with Gasteiger partial charge in [0.2, 0.25) is 0 Å². The average molecular weight is 817 g/mol. The van der Waals surface area contributed by atoms with Crippen LogP contribution >= 0.6 is 11.3 Å². The van der Waals surface area contributed by atoms with Crippen molar-refractivity contribution in [2.45, 2.75) is 51.4 Å². The summed E-state index contributed by atoms with van der Waals surface area (Å²) < 4.78 is 32.9. The number of esters is 4. The number of benzene rings is 4. The zero-order valence-corrected chi connectivity index (χ0v) is 33.8. The Bertz CT molecular complexity index is 1970. The lowest BCUT2D eigenvalue weighted by Crippen LogP contribution is -2.07. The van der Waals surface area contributed by atoms with Crippen molar-refractivity contribution >= 4 is 35.2 Å². The van der Waals surface area contributed by atoms with Gasteiger partial charge in [-0.25, -0.2) is 19.2 Å². The predicted molar refractivity (Wildman–Crippen MR) is 228 cm³/mol. The van der Waals surface area contributed by atoms with Crippen molar-refractivity contribution in [1.82, 2.24) is 0 Å². The first-order chi connectivity index (χ1) is 28.8. The van der Waals surface area contributed by atoms with Crippen molar-refractivity contribution < 1.29 is 47.6 Å². The number of hydrogen-bond acceptors (Lipinski definition) is 11. The monoisotopic (exact) mass is 816 g/mol. The van der Waals surface area contributed by atoms with E-state index in [-0.39, 0.29) is 9.75 Å². The van der Waals surface area contributed by atoms with Crippen molar-refractivity contribution in [3.63, 3.8) is 0 Å². The summed E-state index contributed by atoms with van der Waals surface area (Å²) in [4.78, 5) is 48.5. The third kappa shape index (κ3) is 14.8. The van der Waals surface area contributed by atoms with E-state index in [1.807, 2.05) is 72.8 Å². The second-order valence-electron chi connectivity index (χ2n) is 13.3. The van der Waals surface area contributed by atoms with Crippen molar-refractivity contribution in [3.05, 3.63) is 144 Å². The topological polar surface area (TPSA) is 124 Å². The lowest BCUT2D eigenvalue weighted by Gasteiger charge is -2.09. The molecule has 0 bridgehead atoms. The summed E-state index contributed by atoms with van der Waals surface area (Å²) >= 11 is 1.00. The lowest BCUT2D eigenvalue weighted by molar-refractivity contribution is -0.138. The summed E-state index contributed by atoms with van der Waals surface area (Å²) in [5, 5.41) is 0. The van der Waals surface area contributed by atoms with Gasteiger partial charge in [0.15, 0.2) is 0 Å². The van der Waals surface area contributed by atoms with E-state index in [0.29, 0.717) is 37.9 Å². The molecular formula is C48H48O10S. The molecule has 0 saturated heterocycles. The highest BCUT2D eigenvalue weighted by Gasteiger charge is 2.18. The highest BCUT2D eigenvalue weighted by Crippen LogP contribution is 2.28. The van der Waals surface area contributed by atoms with Gasteiger partial charge in [-0.1, -0.05) is 61.7 Å².